The fourth-order valence-electron chi connectivity index (χ4n) is 3.09. The molecule has 0 unspecified atom stereocenters. The number of thiophene rings is 1. The van der Waals surface area contributed by atoms with E-state index < -0.39 is 0 Å². The van der Waals surface area contributed by atoms with Crippen LogP contribution in [0.5, 0.6) is 0 Å². The maximum Gasteiger partial charge on any atom is 0.262 e. The van der Waals surface area contributed by atoms with Crippen LogP contribution in [0.4, 0.5) is 5.69 Å². The molecule has 118 valence electrons. The van der Waals surface area contributed by atoms with Crippen molar-refractivity contribution in [3.63, 3.8) is 0 Å². The van der Waals surface area contributed by atoms with Crippen LogP contribution in [0, 0.1) is 0 Å². The molecule has 0 bridgehead atoms. The van der Waals surface area contributed by atoms with Gasteiger partial charge in [-0.2, -0.15) is 0 Å². The zero-order chi connectivity index (χ0) is 15.8. The van der Waals surface area contributed by atoms with E-state index in [2.05, 4.69) is 11.4 Å². The van der Waals surface area contributed by atoms with Gasteiger partial charge in [0.15, 0.2) is 0 Å². The van der Waals surface area contributed by atoms with Crippen LogP contribution in [-0.2, 0) is 23.4 Å². The molecule has 1 amide bonds. The molecule has 1 aliphatic carbocycles. The van der Waals surface area contributed by atoms with E-state index in [1.807, 2.05) is 23.5 Å². The van der Waals surface area contributed by atoms with Gasteiger partial charge in [-0.3, -0.25) is 4.79 Å². The predicted molar refractivity (Wildman–Crippen MR) is 100 cm³/mol. The van der Waals surface area contributed by atoms with Crippen molar-refractivity contribution in [2.24, 2.45) is 0 Å². The highest BCUT2D eigenvalue weighted by atomic mass is 35.5. The molecule has 0 fully saturated rings. The summed E-state index contributed by atoms with van der Waals surface area (Å²) in [4.78, 5) is 16.1. The molecule has 4 rings (SSSR count). The largest absolute Gasteiger partial charge is 0.322 e. The Morgan fingerprint density at radius 2 is 1.87 bits per heavy atom. The minimum absolute atomic E-state index is 0.0330. The molecule has 2 heterocycles. The first-order valence-corrected chi connectivity index (χ1v) is 9.93. The third kappa shape index (κ3) is 3.08. The van der Waals surface area contributed by atoms with Gasteiger partial charge in [0.1, 0.15) is 0 Å². The van der Waals surface area contributed by atoms with Crippen LogP contribution in [0.25, 0.3) is 6.08 Å². The summed E-state index contributed by atoms with van der Waals surface area (Å²) >= 11 is 9.40. The lowest BCUT2D eigenvalue weighted by Crippen LogP contribution is -2.14. The van der Waals surface area contributed by atoms with Gasteiger partial charge in [-0.1, -0.05) is 11.6 Å². The van der Waals surface area contributed by atoms with Gasteiger partial charge in [-0.05, 0) is 67.2 Å². The fraction of sp³-hybridized carbons (Fsp3) is 0.278. The molecular formula is C18H16ClNOS2. The Kier molecular flexibility index (Phi) is 4.22. The summed E-state index contributed by atoms with van der Waals surface area (Å²) in [5.41, 5.74) is 3.81. The lowest BCUT2D eigenvalue weighted by molar-refractivity contribution is -0.112. The second-order valence-electron chi connectivity index (χ2n) is 5.81. The van der Waals surface area contributed by atoms with E-state index in [-0.39, 0.29) is 5.91 Å². The summed E-state index contributed by atoms with van der Waals surface area (Å²) in [7, 11) is 0. The third-order valence-electron chi connectivity index (χ3n) is 4.27. The lowest BCUT2D eigenvalue weighted by atomic mass is 9.95. The van der Waals surface area contributed by atoms with E-state index in [0.717, 1.165) is 16.3 Å². The van der Waals surface area contributed by atoms with Crippen LogP contribution in [0.3, 0.4) is 0 Å². The minimum Gasteiger partial charge on any atom is -0.322 e. The molecule has 1 aliphatic heterocycles. The first kappa shape index (κ1) is 15.3. The first-order chi connectivity index (χ1) is 11.2. The van der Waals surface area contributed by atoms with Crippen LogP contribution >= 0.6 is 34.7 Å². The van der Waals surface area contributed by atoms with Crippen molar-refractivity contribution in [2.45, 2.75) is 31.4 Å². The number of nitrogens with one attached hydrogen (secondary N) is 1. The number of amides is 1. The summed E-state index contributed by atoms with van der Waals surface area (Å²) < 4.78 is 0. The predicted octanol–water partition coefficient (Wildman–Crippen LogP) is 5.51. The molecule has 23 heavy (non-hydrogen) atoms. The Morgan fingerprint density at radius 1 is 1.09 bits per heavy atom. The van der Waals surface area contributed by atoms with Crippen molar-refractivity contribution in [2.75, 3.05) is 5.32 Å². The van der Waals surface area contributed by atoms with E-state index >= 15 is 0 Å². The van der Waals surface area contributed by atoms with Gasteiger partial charge in [0.25, 0.3) is 5.91 Å². The number of carbonyl (C=O) groups is 1. The molecule has 2 nitrogen and oxygen atoms in total. The Hall–Kier alpha value is -1.23. The smallest absolute Gasteiger partial charge is 0.262 e. The SMILES string of the molecule is O=C(Nc1ccc(Cl)cc1)C1=Cc2sc3c(c2CS1)CCCC3. The molecule has 2 aliphatic rings. The van der Waals surface area contributed by atoms with Crippen LogP contribution < -0.4 is 5.32 Å². The molecule has 1 aromatic carbocycles. The number of aryl methyl sites for hydroxylation is 1. The van der Waals surface area contributed by atoms with E-state index in [1.165, 1.54) is 41.0 Å². The number of carbonyl (C=O) groups excluding carboxylic acids is 1. The van der Waals surface area contributed by atoms with Gasteiger partial charge in [0, 0.05) is 26.2 Å². The number of fused-ring (bicyclic) bond motifs is 3. The Morgan fingerprint density at radius 3 is 2.70 bits per heavy atom. The highest BCUT2D eigenvalue weighted by molar-refractivity contribution is 8.03. The number of anilines is 1. The number of hydrogen-bond donors (Lipinski definition) is 1. The molecule has 1 N–H and O–H groups in total. The van der Waals surface area contributed by atoms with Gasteiger partial charge >= 0.3 is 0 Å². The molecular weight excluding hydrogens is 346 g/mol. The molecule has 1 aromatic heterocycles. The standard InChI is InChI=1S/C18H16ClNOS2/c19-11-5-7-12(8-6-11)20-18(21)17-9-16-14(10-22-17)13-3-1-2-4-15(13)23-16/h5-9H,1-4,10H2,(H,20,21). The molecule has 0 atom stereocenters. The second kappa shape index (κ2) is 6.34. The van der Waals surface area contributed by atoms with Crippen LogP contribution in [0.15, 0.2) is 29.2 Å². The molecule has 0 saturated heterocycles. The van der Waals surface area contributed by atoms with Crippen molar-refractivity contribution >= 4 is 52.4 Å². The Labute approximate surface area is 148 Å². The maximum absolute atomic E-state index is 12.5. The number of halogens is 1. The minimum atomic E-state index is -0.0330. The summed E-state index contributed by atoms with van der Waals surface area (Å²) in [5, 5.41) is 3.62. The molecule has 0 saturated carbocycles. The molecule has 5 heteroatoms. The number of rotatable bonds is 2. The average molecular weight is 362 g/mol. The number of thioether (sulfide) groups is 1. The third-order valence-corrected chi connectivity index (χ3v) is 6.85. The molecule has 0 spiro atoms. The van der Waals surface area contributed by atoms with Crippen molar-refractivity contribution < 1.29 is 4.79 Å². The Bertz CT molecular complexity index is 792. The normalized spacial score (nSPS) is 16.3. The first-order valence-electron chi connectivity index (χ1n) is 7.75. The monoisotopic (exact) mass is 361 g/mol. The van der Waals surface area contributed by atoms with Gasteiger partial charge in [0.2, 0.25) is 0 Å². The summed E-state index contributed by atoms with van der Waals surface area (Å²) in [5.74, 6) is 0.885. The zero-order valence-corrected chi connectivity index (χ0v) is 14.9. The van der Waals surface area contributed by atoms with E-state index in [4.69, 9.17) is 11.6 Å². The average Bonchev–Trinajstić information content (AvgIpc) is 2.94. The highest BCUT2D eigenvalue weighted by Gasteiger charge is 2.25. The van der Waals surface area contributed by atoms with Gasteiger partial charge in [0.05, 0.1) is 4.91 Å². The lowest BCUT2D eigenvalue weighted by Gasteiger charge is -2.16. The van der Waals surface area contributed by atoms with Crippen LogP contribution in [0.2, 0.25) is 5.02 Å². The van der Waals surface area contributed by atoms with Gasteiger partial charge in [-0.15, -0.1) is 23.1 Å². The van der Waals surface area contributed by atoms with Crippen molar-refractivity contribution in [3.05, 3.63) is 55.1 Å². The molecule has 2 aromatic rings. The van der Waals surface area contributed by atoms with Crippen molar-refractivity contribution in [1.29, 1.82) is 0 Å². The highest BCUT2D eigenvalue weighted by Crippen LogP contribution is 2.42. The van der Waals surface area contributed by atoms with E-state index in [0.29, 0.717) is 5.02 Å². The molecule has 0 radical (unpaired) electrons. The quantitative estimate of drug-likeness (QED) is 0.764. The van der Waals surface area contributed by atoms with Crippen molar-refractivity contribution in [3.8, 4) is 0 Å². The summed E-state index contributed by atoms with van der Waals surface area (Å²) in [6.07, 6.45) is 7.08. The topological polar surface area (TPSA) is 29.1 Å². The summed E-state index contributed by atoms with van der Waals surface area (Å²) in [6, 6.07) is 7.21. The van der Waals surface area contributed by atoms with Gasteiger partial charge in [-0.25, -0.2) is 0 Å². The van der Waals surface area contributed by atoms with Crippen LogP contribution in [0.1, 0.15) is 33.7 Å². The number of hydrogen-bond acceptors (Lipinski definition) is 3. The second-order valence-corrected chi connectivity index (χ2v) is 8.40. The number of benzene rings is 1. The fourth-order valence-corrected chi connectivity index (χ4v) is 5.76. The van der Waals surface area contributed by atoms with E-state index in [1.54, 1.807) is 29.5 Å². The van der Waals surface area contributed by atoms with Crippen molar-refractivity contribution in [1.82, 2.24) is 0 Å². The van der Waals surface area contributed by atoms with Crippen LogP contribution in [-0.4, -0.2) is 5.91 Å². The van der Waals surface area contributed by atoms with Gasteiger partial charge < -0.3 is 5.32 Å². The zero-order valence-electron chi connectivity index (χ0n) is 12.5. The van der Waals surface area contributed by atoms with E-state index in [9.17, 15) is 4.79 Å². The Balaban J connectivity index is 1.56. The summed E-state index contributed by atoms with van der Waals surface area (Å²) in [6.45, 7) is 0. The maximum atomic E-state index is 12.5.